The van der Waals surface area contributed by atoms with Crippen molar-refractivity contribution >= 4 is 32.5 Å². The molecular formula is C18H19ClN2O2S. The van der Waals surface area contributed by atoms with Gasteiger partial charge in [0.05, 0.1) is 4.90 Å². The first-order valence-electron chi connectivity index (χ1n) is 7.70. The lowest BCUT2D eigenvalue weighted by molar-refractivity contribution is 0.560. The van der Waals surface area contributed by atoms with Crippen molar-refractivity contribution in [3.8, 4) is 0 Å². The monoisotopic (exact) mass is 362 g/mol. The summed E-state index contributed by atoms with van der Waals surface area (Å²) in [7, 11) is -3.60. The van der Waals surface area contributed by atoms with Gasteiger partial charge in [-0.15, -0.1) is 0 Å². The van der Waals surface area contributed by atoms with Crippen LogP contribution in [0.25, 0.3) is 10.9 Å². The van der Waals surface area contributed by atoms with E-state index in [1.54, 1.807) is 12.1 Å². The molecule has 0 aliphatic rings. The second-order valence-electron chi connectivity index (χ2n) is 6.00. The number of halogens is 1. The number of nitrogens with one attached hydrogen (secondary N) is 2. The number of benzene rings is 2. The van der Waals surface area contributed by atoms with E-state index < -0.39 is 10.0 Å². The minimum absolute atomic E-state index is 0.184. The predicted molar refractivity (Wildman–Crippen MR) is 98.0 cm³/mol. The van der Waals surface area contributed by atoms with Gasteiger partial charge in [0.2, 0.25) is 10.0 Å². The topological polar surface area (TPSA) is 62.0 Å². The van der Waals surface area contributed by atoms with Crippen molar-refractivity contribution in [3.63, 3.8) is 0 Å². The summed E-state index contributed by atoms with van der Waals surface area (Å²) in [5.41, 5.74) is 2.98. The molecule has 6 heteroatoms. The molecule has 1 atom stereocenters. The maximum absolute atomic E-state index is 12.5. The summed E-state index contributed by atoms with van der Waals surface area (Å²) in [5, 5.41) is 1.56. The van der Waals surface area contributed by atoms with Crippen LogP contribution in [-0.4, -0.2) is 19.4 Å². The number of rotatable bonds is 5. The zero-order chi connectivity index (χ0) is 17.3. The molecule has 4 nitrogen and oxygen atoms in total. The Morgan fingerprint density at radius 1 is 1.21 bits per heavy atom. The molecule has 1 aromatic heterocycles. The van der Waals surface area contributed by atoms with E-state index in [9.17, 15) is 8.42 Å². The quantitative estimate of drug-likeness (QED) is 0.719. The van der Waals surface area contributed by atoms with Crippen molar-refractivity contribution in [2.45, 2.75) is 31.2 Å². The maximum Gasteiger partial charge on any atom is 0.240 e. The van der Waals surface area contributed by atoms with Crippen LogP contribution in [0.3, 0.4) is 0 Å². The molecule has 2 aromatic carbocycles. The van der Waals surface area contributed by atoms with Crippen LogP contribution in [0.5, 0.6) is 0 Å². The predicted octanol–water partition coefficient (Wildman–Crippen LogP) is 4.04. The molecule has 0 spiro atoms. The Hall–Kier alpha value is -1.82. The number of sulfonamides is 1. The van der Waals surface area contributed by atoms with Crippen LogP contribution in [0.15, 0.2) is 53.6 Å². The van der Waals surface area contributed by atoms with E-state index in [1.807, 2.05) is 44.3 Å². The number of aromatic nitrogens is 1. The van der Waals surface area contributed by atoms with Gasteiger partial charge in [-0.1, -0.05) is 35.9 Å². The van der Waals surface area contributed by atoms with Crippen molar-refractivity contribution in [1.29, 1.82) is 0 Å². The molecule has 0 radical (unpaired) electrons. The van der Waals surface area contributed by atoms with E-state index in [0.29, 0.717) is 11.4 Å². The SMILES string of the molecule is Cc1ccc(S(=O)(=O)NC(C)Cc2c[nH]c3ccccc23)cc1Cl. The molecule has 0 bridgehead atoms. The van der Waals surface area contributed by atoms with Gasteiger partial charge in [-0.3, -0.25) is 0 Å². The number of fused-ring (bicyclic) bond motifs is 1. The summed E-state index contributed by atoms with van der Waals surface area (Å²) >= 11 is 6.04. The van der Waals surface area contributed by atoms with Gasteiger partial charge < -0.3 is 4.98 Å². The van der Waals surface area contributed by atoms with Crippen LogP contribution in [0, 0.1) is 6.92 Å². The third kappa shape index (κ3) is 3.48. The average molecular weight is 363 g/mol. The Bertz CT molecular complexity index is 980. The highest BCUT2D eigenvalue weighted by atomic mass is 35.5. The van der Waals surface area contributed by atoms with Gasteiger partial charge in [0.15, 0.2) is 0 Å². The second kappa shape index (κ2) is 6.59. The summed E-state index contributed by atoms with van der Waals surface area (Å²) in [6.07, 6.45) is 2.53. The van der Waals surface area contributed by atoms with E-state index >= 15 is 0 Å². The van der Waals surface area contributed by atoms with Gasteiger partial charge in [-0.2, -0.15) is 0 Å². The van der Waals surface area contributed by atoms with Crippen LogP contribution in [0.1, 0.15) is 18.1 Å². The van der Waals surface area contributed by atoms with Crippen LogP contribution >= 0.6 is 11.6 Å². The summed E-state index contributed by atoms with van der Waals surface area (Å²) < 4.78 is 27.8. The first kappa shape index (κ1) is 17.0. The molecule has 126 valence electrons. The molecule has 0 amide bonds. The molecule has 3 rings (SSSR count). The summed E-state index contributed by atoms with van der Waals surface area (Å²) in [5.74, 6) is 0. The number of hydrogen-bond acceptors (Lipinski definition) is 2. The van der Waals surface area contributed by atoms with Gasteiger partial charge in [-0.05, 0) is 49.6 Å². The van der Waals surface area contributed by atoms with E-state index in [1.165, 1.54) is 6.07 Å². The third-order valence-electron chi connectivity index (χ3n) is 4.01. The Morgan fingerprint density at radius 3 is 2.71 bits per heavy atom. The van der Waals surface area contributed by atoms with Crippen molar-refractivity contribution < 1.29 is 8.42 Å². The number of aromatic amines is 1. The Balaban J connectivity index is 1.78. The molecule has 0 aliphatic heterocycles. The van der Waals surface area contributed by atoms with Crippen LogP contribution in [0.4, 0.5) is 0 Å². The Morgan fingerprint density at radius 2 is 1.96 bits per heavy atom. The molecule has 1 heterocycles. The lowest BCUT2D eigenvalue weighted by Crippen LogP contribution is -2.34. The third-order valence-corrected chi connectivity index (χ3v) is 6.01. The molecule has 0 saturated carbocycles. The first-order chi connectivity index (χ1) is 11.4. The fourth-order valence-corrected chi connectivity index (χ4v) is 4.26. The maximum atomic E-state index is 12.5. The standard InChI is InChI=1S/C18H19ClN2O2S/c1-12-7-8-15(10-17(12)19)24(22,23)21-13(2)9-14-11-20-18-6-4-3-5-16(14)18/h3-8,10-11,13,20-21H,9H2,1-2H3. The molecule has 24 heavy (non-hydrogen) atoms. The van der Waals surface area contributed by atoms with Crippen molar-refractivity contribution in [2.75, 3.05) is 0 Å². The van der Waals surface area contributed by atoms with Gasteiger partial charge in [0, 0.05) is 28.2 Å². The van der Waals surface area contributed by atoms with Gasteiger partial charge in [-0.25, -0.2) is 13.1 Å². The van der Waals surface area contributed by atoms with E-state index in [0.717, 1.165) is 22.0 Å². The molecule has 0 saturated heterocycles. The fraction of sp³-hybridized carbons (Fsp3) is 0.222. The van der Waals surface area contributed by atoms with Crippen LogP contribution < -0.4 is 4.72 Å². The van der Waals surface area contributed by atoms with Crippen molar-refractivity contribution in [2.24, 2.45) is 0 Å². The largest absolute Gasteiger partial charge is 0.361 e. The number of H-pyrrole nitrogens is 1. The zero-order valence-corrected chi connectivity index (χ0v) is 15.1. The van der Waals surface area contributed by atoms with Crippen LogP contribution in [0.2, 0.25) is 5.02 Å². The average Bonchev–Trinajstić information content (AvgIpc) is 2.92. The van der Waals surface area contributed by atoms with E-state index in [4.69, 9.17) is 11.6 Å². The number of hydrogen-bond donors (Lipinski definition) is 2. The fourth-order valence-electron chi connectivity index (χ4n) is 2.75. The molecule has 0 fully saturated rings. The molecule has 1 unspecified atom stereocenters. The van der Waals surface area contributed by atoms with Crippen LogP contribution in [-0.2, 0) is 16.4 Å². The summed E-state index contributed by atoms with van der Waals surface area (Å²) in [6, 6.07) is 12.5. The van der Waals surface area contributed by atoms with Gasteiger partial charge in [0.1, 0.15) is 0 Å². The Kier molecular flexibility index (Phi) is 4.67. The number of para-hydroxylation sites is 1. The summed E-state index contributed by atoms with van der Waals surface area (Å²) in [6.45, 7) is 3.70. The summed E-state index contributed by atoms with van der Waals surface area (Å²) in [4.78, 5) is 3.39. The van der Waals surface area contributed by atoms with Gasteiger partial charge >= 0.3 is 0 Å². The zero-order valence-electron chi connectivity index (χ0n) is 13.5. The van der Waals surface area contributed by atoms with E-state index in [2.05, 4.69) is 9.71 Å². The molecule has 2 N–H and O–H groups in total. The minimum atomic E-state index is -3.60. The smallest absolute Gasteiger partial charge is 0.240 e. The lowest BCUT2D eigenvalue weighted by atomic mass is 10.1. The molecule has 0 aliphatic carbocycles. The lowest BCUT2D eigenvalue weighted by Gasteiger charge is -2.14. The highest BCUT2D eigenvalue weighted by molar-refractivity contribution is 7.89. The normalized spacial score (nSPS) is 13.3. The van der Waals surface area contributed by atoms with E-state index in [-0.39, 0.29) is 10.9 Å². The van der Waals surface area contributed by atoms with Crippen molar-refractivity contribution in [1.82, 2.24) is 9.71 Å². The first-order valence-corrected chi connectivity index (χ1v) is 9.56. The Labute approximate surface area is 146 Å². The van der Waals surface area contributed by atoms with Crippen molar-refractivity contribution in [3.05, 3.63) is 64.8 Å². The molecule has 3 aromatic rings. The molecular weight excluding hydrogens is 344 g/mol. The highest BCUT2D eigenvalue weighted by Gasteiger charge is 2.19. The number of aryl methyl sites for hydroxylation is 1. The highest BCUT2D eigenvalue weighted by Crippen LogP contribution is 2.22. The van der Waals surface area contributed by atoms with Gasteiger partial charge in [0.25, 0.3) is 0 Å². The second-order valence-corrected chi connectivity index (χ2v) is 8.12. The minimum Gasteiger partial charge on any atom is -0.361 e.